The van der Waals surface area contributed by atoms with Gasteiger partial charge in [-0.15, -0.1) is 0 Å². The van der Waals surface area contributed by atoms with Crippen LogP contribution in [0.2, 0.25) is 0 Å². The summed E-state index contributed by atoms with van der Waals surface area (Å²) in [6, 6.07) is 0. The molecule has 0 radical (unpaired) electrons. The van der Waals surface area contributed by atoms with E-state index in [1.165, 1.54) is 12.8 Å². The molecule has 0 aliphatic heterocycles. The number of unbranched alkanes of at least 4 members (excludes halogenated alkanes) is 2. The molecule has 0 saturated carbocycles. The maximum Gasteiger partial charge on any atom is 0.0701 e. The van der Waals surface area contributed by atoms with Gasteiger partial charge in [-0.2, -0.15) is 0 Å². The van der Waals surface area contributed by atoms with Gasteiger partial charge in [0.05, 0.1) is 112 Å². The SMILES string of the molecule is CCCCCOCCOCCOCCOCCOCCOCCOCCOCCOCCI. The van der Waals surface area contributed by atoms with Crippen LogP contribution in [0.4, 0.5) is 0 Å². The smallest absolute Gasteiger partial charge is 0.0701 e. The van der Waals surface area contributed by atoms with Crippen molar-refractivity contribution in [3.05, 3.63) is 0 Å². The Morgan fingerprint density at radius 1 is 0.333 bits per heavy atom. The van der Waals surface area contributed by atoms with Crippen molar-refractivity contribution >= 4 is 22.6 Å². The molecule has 0 N–H and O–H groups in total. The van der Waals surface area contributed by atoms with Gasteiger partial charge in [0.15, 0.2) is 0 Å². The van der Waals surface area contributed by atoms with Gasteiger partial charge in [-0.3, -0.25) is 0 Å². The minimum absolute atomic E-state index is 0.542. The largest absolute Gasteiger partial charge is 0.379 e. The first kappa shape index (κ1) is 33.4. The van der Waals surface area contributed by atoms with Crippen LogP contribution in [0.25, 0.3) is 0 Å². The van der Waals surface area contributed by atoms with Gasteiger partial charge in [-0.05, 0) is 6.42 Å². The third-order valence-corrected chi connectivity index (χ3v) is 4.53. The van der Waals surface area contributed by atoms with Crippen molar-refractivity contribution in [2.45, 2.75) is 26.2 Å². The van der Waals surface area contributed by atoms with Crippen molar-refractivity contribution in [1.29, 1.82) is 0 Å². The second-order valence-corrected chi connectivity index (χ2v) is 7.99. The highest BCUT2D eigenvalue weighted by atomic mass is 127. The third-order valence-electron chi connectivity index (χ3n) is 4.09. The zero-order valence-corrected chi connectivity index (χ0v) is 22.8. The average Bonchev–Trinajstić information content (AvgIpc) is 2.83. The summed E-state index contributed by atoms with van der Waals surface area (Å²) in [6.45, 7) is 12.9. The van der Waals surface area contributed by atoms with Gasteiger partial charge >= 0.3 is 0 Å². The molecule has 0 rings (SSSR count). The first-order chi connectivity index (χ1) is 16.4. The zero-order chi connectivity index (χ0) is 23.9. The van der Waals surface area contributed by atoms with E-state index in [9.17, 15) is 0 Å². The molecule has 33 heavy (non-hydrogen) atoms. The Kier molecular flexibility index (Phi) is 32.7. The lowest BCUT2D eigenvalue weighted by Crippen LogP contribution is -2.15. The van der Waals surface area contributed by atoms with E-state index in [2.05, 4.69) is 29.5 Å². The second kappa shape index (κ2) is 32.4. The van der Waals surface area contributed by atoms with Crippen LogP contribution in [-0.4, -0.2) is 123 Å². The molecule has 10 heteroatoms. The van der Waals surface area contributed by atoms with E-state index in [0.29, 0.717) is 106 Å². The normalized spacial score (nSPS) is 11.5. The van der Waals surface area contributed by atoms with E-state index in [-0.39, 0.29) is 0 Å². The maximum atomic E-state index is 5.47. The van der Waals surface area contributed by atoms with Gasteiger partial charge in [-0.25, -0.2) is 0 Å². The van der Waals surface area contributed by atoms with Crippen LogP contribution in [0.15, 0.2) is 0 Å². The van der Waals surface area contributed by atoms with Gasteiger partial charge in [0, 0.05) is 11.0 Å². The fourth-order valence-corrected chi connectivity index (χ4v) is 2.68. The van der Waals surface area contributed by atoms with Crippen LogP contribution in [0.1, 0.15) is 26.2 Å². The molecule has 0 bridgehead atoms. The standard InChI is InChI=1S/C23H47IO9/c1-2-3-4-6-25-8-10-27-12-14-29-16-18-31-20-22-33-23-21-32-19-17-30-15-13-28-11-9-26-7-5-24/h2-23H2,1H3. The lowest BCUT2D eigenvalue weighted by atomic mass is 10.3. The van der Waals surface area contributed by atoms with Crippen molar-refractivity contribution < 1.29 is 42.6 Å². The maximum absolute atomic E-state index is 5.47. The molecule has 0 aliphatic carbocycles. The molecule has 0 amide bonds. The van der Waals surface area contributed by atoms with Gasteiger partial charge in [0.1, 0.15) is 0 Å². The van der Waals surface area contributed by atoms with Crippen molar-refractivity contribution in [1.82, 2.24) is 0 Å². The minimum atomic E-state index is 0.542. The monoisotopic (exact) mass is 594 g/mol. The molecule has 0 aromatic rings. The fraction of sp³-hybridized carbons (Fsp3) is 1.00. The number of hydrogen-bond acceptors (Lipinski definition) is 9. The Hall–Kier alpha value is 0.370. The number of ether oxygens (including phenoxy) is 9. The Morgan fingerprint density at radius 3 is 0.818 bits per heavy atom. The van der Waals surface area contributed by atoms with Crippen LogP contribution < -0.4 is 0 Å². The van der Waals surface area contributed by atoms with Crippen LogP contribution in [-0.2, 0) is 42.6 Å². The molecule has 0 saturated heterocycles. The summed E-state index contributed by atoms with van der Waals surface area (Å²) in [5.74, 6) is 0. The summed E-state index contributed by atoms with van der Waals surface area (Å²) < 4.78 is 49.8. The average molecular weight is 595 g/mol. The molecule has 0 atom stereocenters. The molecule has 0 fully saturated rings. The van der Waals surface area contributed by atoms with Crippen LogP contribution in [0, 0.1) is 0 Å². The highest BCUT2D eigenvalue weighted by Gasteiger charge is 1.95. The molecule has 0 unspecified atom stereocenters. The Morgan fingerprint density at radius 2 is 0.576 bits per heavy atom. The minimum Gasteiger partial charge on any atom is -0.379 e. The molecule has 0 aliphatic rings. The fourth-order valence-electron chi connectivity index (χ4n) is 2.37. The Labute approximate surface area is 214 Å². The molecular weight excluding hydrogens is 547 g/mol. The lowest BCUT2D eigenvalue weighted by molar-refractivity contribution is -0.0248. The van der Waals surface area contributed by atoms with Gasteiger partial charge in [0.2, 0.25) is 0 Å². The second-order valence-electron chi connectivity index (χ2n) is 6.91. The van der Waals surface area contributed by atoms with E-state index < -0.39 is 0 Å². The quantitative estimate of drug-likeness (QED) is 0.0709. The number of rotatable bonds is 30. The first-order valence-electron chi connectivity index (χ1n) is 12.2. The van der Waals surface area contributed by atoms with E-state index in [4.69, 9.17) is 42.6 Å². The molecule has 0 aromatic carbocycles. The first-order valence-corrected chi connectivity index (χ1v) is 13.7. The molecule has 0 heterocycles. The molecular formula is C23H47IO9. The molecule has 9 nitrogen and oxygen atoms in total. The zero-order valence-electron chi connectivity index (χ0n) is 20.6. The van der Waals surface area contributed by atoms with E-state index in [0.717, 1.165) is 24.1 Å². The van der Waals surface area contributed by atoms with E-state index >= 15 is 0 Å². The summed E-state index contributed by atoms with van der Waals surface area (Å²) in [7, 11) is 0. The predicted octanol–water partition coefficient (Wildman–Crippen LogP) is 2.76. The van der Waals surface area contributed by atoms with Crippen LogP contribution in [0.3, 0.4) is 0 Å². The summed E-state index contributed by atoms with van der Waals surface area (Å²) in [4.78, 5) is 0. The number of alkyl halides is 1. The summed E-state index contributed by atoms with van der Waals surface area (Å²) in [6.07, 6.45) is 3.56. The molecule has 0 spiro atoms. The van der Waals surface area contributed by atoms with E-state index in [1.807, 2.05) is 0 Å². The van der Waals surface area contributed by atoms with Crippen molar-refractivity contribution in [2.75, 3.05) is 123 Å². The Bertz CT molecular complexity index is 311. The van der Waals surface area contributed by atoms with E-state index in [1.54, 1.807) is 0 Å². The third kappa shape index (κ3) is 32.4. The number of hydrogen-bond donors (Lipinski definition) is 0. The highest BCUT2D eigenvalue weighted by Crippen LogP contribution is 1.94. The van der Waals surface area contributed by atoms with Gasteiger partial charge in [0.25, 0.3) is 0 Å². The molecule has 200 valence electrons. The Balaban J connectivity index is 2.99. The highest BCUT2D eigenvalue weighted by molar-refractivity contribution is 14.1. The van der Waals surface area contributed by atoms with Crippen LogP contribution >= 0.6 is 22.6 Å². The molecule has 0 aromatic heterocycles. The summed E-state index contributed by atoms with van der Waals surface area (Å²) in [5, 5.41) is 0. The van der Waals surface area contributed by atoms with Crippen molar-refractivity contribution in [2.24, 2.45) is 0 Å². The van der Waals surface area contributed by atoms with Gasteiger partial charge in [-0.1, -0.05) is 42.4 Å². The van der Waals surface area contributed by atoms with Crippen molar-refractivity contribution in [3.8, 4) is 0 Å². The van der Waals surface area contributed by atoms with Crippen molar-refractivity contribution in [3.63, 3.8) is 0 Å². The number of halogens is 1. The predicted molar refractivity (Wildman–Crippen MR) is 136 cm³/mol. The topological polar surface area (TPSA) is 83.1 Å². The van der Waals surface area contributed by atoms with Gasteiger partial charge < -0.3 is 42.6 Å². The lowest BCUT2D eigenvalue weighted by Gasteiger charge is -2.08. The summed E-state index contributed by atoms with van der Waals surface area (Å²) in [5.41, 5.74) is 0. The summed E-state index contributed by atoms with van der Waals surface area (Å²) >= 11 is 2.28. The van der Waals surface area contributed by atoms with Crippen LogP contribution in [0.5, 0.6) is 0 Å².